The summed E-state index contributed by atoms with van der Waals surface area (Å²) in [6, 6.07) is 1.40. The van der Waals surface area contributed by atoms with Crippen LogP contribution in [0.2, 0.25) is 0 Å². The van der Waals surface area contributed by atoms with Crippen molar-refractivity contribution in [2.24, 2.45) is 0 Å². The number of nitrogens with one attached hydrogen (secondary N) is 2. The molecule has 4 atom stereocenters. The second-order valence-corrected chi connectivity index (χ2v) is 5.07. The Morgan fingerprint density at radius 3 is 2.50 bits per heavy atom. The summed E-state index contributed by atoms with van der Waals surface area (Å²) in [5.74, 6) is 0. The SMILES string of the molecule is C[NH+]1CCC[C@H]1C[NH+]1CCC[C@H]1CO. The second kappa shape index (κ2) is 4.60. The molecule has 0 saturated carbocycles. The summed E-state index contributed by atoms with van der Waals surface area (Å²) in [6.07, 6.45) is 5.34. The number of aliphatic hydroxyl groups excluding tert-OH is 1. The zero-order chi connectivity index (χ0) is 9.97. The van der Waals surface area contributed by atoms with Crippen LogP contribution in [0.4, 0.5) is 0 Å². The largest absolute Gasteiger partial charge is 0.390 e. The summed E-state index contributed by atoms with van der Waals surface area (Å²) in [7, 11) is 2.32. The van der Waals surface area contributed by atoms with Gasteiger partial charge in [-0.15, -0.1) is 0 Å². The highest BCUT2D eigenvalue weighted by atomic mass is 16.3. The van der Waals surface area contributed by atoms with Crippen LogP contribution < -0.4 is 9.80 Å². The van der Waals surface area contributed by atoms with Gasteiger partial charge in [-0.2, -0.15) is 0 Å². The number of hydrogen-bond donors (Lipinski definition) is 3. The van der Waals surface area contributed by atoms with Crippen molar-refractivity contribution < 1.29 is 14.9 Å². The van der Waals surface area contributed by atoms with Gasteiger partial charge in [0.15, 0.2) is 0 Å². The van der Waals surface area contributed by atoms with Crippen LogP contribution in [-0.4, -0.2) is 50.5 Å². The lowest BCUT2D eigenvalue weighted by Crippen LogP contribution is -3.21. The Kier molecular flexibility index (Phi) is 3.42. The smallest absolute Gasteiger partial charge is 0.137 e. The molecule has 3 N–H and O–H groups in total. The molecule has 0 aromatic rings. The molecule has 2 unspecified atom stereocenters. The first-order chi connectivity index (χ1) is 6.81. The lowest BCUT2D eigenvalue weighted by atomic mass is 10.2. The van der Waals surface area contributed by atoms with Crippen molar-refractivity contribution in [3.05, 3.63) is 0 Å². The van der Waals surface area contributed by atoms with E-state index < -0.39 is 0 Å². The second-order valence-electron chi connectivity index (χ2n) is 5.07. The Morgan fingerprint density at radius 1 is 1.14 bits per heavy atom. The Labute approximate surface area is 86.7 Å². The van der Waals surface area contributed by atoms with Gasteiger partial charge in [0.2, 0.25) is 0 Å². The van der Waals surface area contributed by atoms with Crippen molar-refractivity contribution in [2.75, 3.05) is 33.3 Å². The molecule has 0 aromatic carbocycles. The van der Waals surface area contributed by atoms with Gasteiger partial charge in [0.1, 0.15) is 18.6 Å². The van der Waals surface area contributed by atoms with Crippen molar-refractivity contribution in [1.82, 2.24) is 0 Å². The minimum atomic E-state index is 0.390. The third kappa shape index (κ3) is 2.10. The Morgan fingerprint density at radius 2 is 1.86 bits per heavy atom. The molecule has 0 radical (unpaired) electrons. The predicted octanol–water partition coefficient (Wildman–Crippen LogP) is -2.30. The minimum Gasteiger partial charge on any atom is -0.390 e. The normalized spacial score (nSPS) is 43.3. The van der Waals surface area contributed by atoms with Crippen LogP contribution in [0.15, 0.2) is 0 Å². The quantitative estimate of drug-likeness (QED) is 0.470. The zero-order valence-electron chi connectivity index (χ0n) is 9.26. The zero-order valence-corrected chi connectivity index (χ0v) is 9.26. The van der Waals surface area contributed by atoms with Crippen LogP contribution in [0.1, 0.15) is 25.7 Å². The van der Waals surface area contributed by atoms with Gasteiger partial charge in [-0.25, -0.2) is 0 Å². The first-order valence-corrected chi connectivity index (χ1v) is 6.09. The molecule has 0 spiro atoms. The monoisotopic (exact) mass is 200 g/mol. The molecular formula is C11H24N2O+2. The van der Waals surface area contributed by atoms with Crippen molar-refractivity contribution in [3.8, 4) is 0 Å². The number of rotatable bonds is 3. The summed E-state index contributed by atoms with van der Waals surface area (Å²) < 4.78 is 0. The fraction of sp³-hybridized carbons (Fsp3) is 1.00. The van der Waals surface area contributed by atoms with E-state index in [1.54, 1.807) is 9.80 Å². The highest BCUT2D eigenvalue weighted by Gasteiger charge is 2.34. The van der Waals surface area contributed by atoms with E-state index in [1.807, 2.05) is 0 Å². The molecule has 0 amide bonds. The molecule has 2 fully saturated rings. The standard InChI is InChI=1S/C11H22N2O/c1-12-6-2-4-10(12)8-13-7-3-5-11(13)9-14/h10-11,14H,2-9H2,1H3/p+2/t10-,11-/m0/s1. The van der Waals surface area contributed by atoms with Gasteiger partial charge < -0.3 is 14.9 Å². The van der Waals surface area contributed by atoms with E-state index >= 15 is 0 Å². The summed E-state index contributed by atoms with van der Waals surface area (Å²) >= 11 is 0. The summed E-state index contributed by atoms with van der Waals surface area (Å²) in [6.45, 7) is 4.31. The van der Waals surface area contributed by atoms with Crippen LogP contribution in [-0.2, 0) is 0 Å². The molecule has 0 bridgehead atoms. The van der Waals surface area contributed by atoms with E-state index in [-0.39, 0.29) is 0 Å². The molecule has 2 aliphatic rings. The third-order valence-electron chi connectivity index (χ3n) is 4.18. The summed E-state index contributed by atoms with van der Waals surface area (Å²) in [5.41, 5.74) is 0. The van der Waals surface area contributed by atoms with Crippen molar-refractivity contribution >= 4 is 0 Å². The van der Waals surface area contributed by atoms with Gasteiger partial charge >= 0.3 is 0 Å². The van der Waals surface area contributed by atoms with Gasteiger partial charge in [-0.3, -0.25) is 0 Å². The molecule has 2 saturated heterocycles. The molecule has 0 aromatic heterocycles. The summed E-state index contributed by atoms with van der Waals surface area (Å²) in [4.78, 5) is 3.37. The van der Waals surface area contributed by atoms with Crippen LogP contribution in [0, 0.1) is 0 Å². The van der Waals surface area contributed by atoms with Gasteiger partial charge in [-0.05, 0) is 0 Å². The topological polar surface area (TPSA) is 29.1 Å². The fourth-order valence-corrected chi connectivity index (χ4v) is 3.14. The van der Waals surface area contributed by atoms with Gasteiger partial charge in [0.25, 0.3) is 0 Å². The number of likely N-dealkylation sites (N-methyl/N-ethyl adjacent to an activating group) is 1. The van der Waals surface area contributed by atoms with Crippen LogP contribution >= 0.6 is 0 Å². The lowest BCUT2D eigenvalue weighted by Gasteiger charge is -2.24. The van der Waals surface area contributed by atoms with Gasteiger partial charge in [-0.1, -0.05) is 0 Å². The molecular weight excluding hydrogens is 176 g/mol. The molecule has 82 valence electrons. The predicted molar refractivity (Wildman–Crippen MR) is 55.6 cm³/mol. The van der Waals surface area contributed by atoms with Crippen molar-refractivity contribution in [2.45, 2.75) is 37.8 Å². The average Bonchev–Trinajstić information content (AvgIpc) is 2.77. The maximum Gasteiger partial charge on any atom is 0.137 e. The van der Waals surface area contributed by atoms with Crippen LogP contribution in [0.3, 0.4) is 0 Å². The van der Waals surface area contributed by atoms with Gasteiger partial charge in [0.05, 0.1) is 26.7 Å². The number of aliphatic hydroxyl groups is 1. The molecule has 2 rings (SSSR count). The minimum absolute atomic E-state index is 0.390. The molecule has 3 heteroatoms. The van der Waals surface area contributed by atoms with Crippen LogP contribution in [0.5, 0.6) is 0 Å². The molecule has 2 aliphatic heterocycles. The summed E-state index contributed by atoms with van der Waals surface area (Å²) in [5, 5.41) is 9.25. The van der Waals surface area contributed by atoms with E-state index in [2.05, 4.69) is 7.05 Å². The van der Waals surface area contributed by atoms with Crippen molar-refractivity contribution in [1.29, 1.82) is 0 Å². The van der Waals surface area contributed by atoms with Gasteiger partial charge in [0, 0.05) is 25.7 Å². The highest BCUT2D eigenvalue weighted by molar-refractivity contribution is 4.65. The number of likely N-dealkylation sites (tertiary alicyclic amines) is 2. The number of quaternary nitrogens is 2. The van der Waals surface area contributed by atoms with E-state index in [4.69, 9.17) is 0 Å². The van der Waals surface area contributed by atoms with E-state index in [0.29, 0.717) is 12.6 Å². The molecule has 14 heavy (non-hydrogen) atoms. The van der Waals surface area contributed by atoms with Crippen LogP contribution in [0.25, 0.3) is 0 Å². The van der Waals surface area contributed by atoms with E-state index in [9.17, 15) is 5.11 Å². The van der Waals surface area contributed by atoms with E-state index in [1.165, 1.54) is 45.3 Å². The first-order valence-electron chi connectivity index (χ1n) is 6.09. The Bertz CT molecular complexity index is 186. The Hall–Kier alpha value is -0.120. The molecule has 0 aliphatic carbocycles. The van der Waals surface area contributed by atoms with E-state index in [0.717, 1.165) is 6.04 Å². The third-order valence-corrected chi connectivity index (χ3v) is 4.18. The maximum atomic E-state index is 9.25. The molecule has 2 heterocycles. The first kappa shape index (κ1) is 10.4. The maximum absolute atomic E-state index is 9.25. The lowest BCUT2D eigenvalue weighted by molar-refractivity contribution is -0.966. The number of hydrogen-bond acceptors (Lipinski definition) is 1. The fourth-order valence-electron chi connectivity index (χ4n) is 3.14. The average molecular weight is 200 g/mol. The molecule has 3 nitrogen and oxygen atoms in total. The van der Waals surface area contributed by atoms with Crippen molar-refractivity contribution in [3.63, 3.8) is 0 Å². The Balaban J connectivity index is 1.83. The highest BCUT2D eigenvalue weighted by Crippen LogP contribution is 2.01.